The van der Waals surface area contributed by atoms with Crippen molar-refractivity contribution >= 4 is 33.6 Å². The highest BCUT2D eigenvalue weighted by Gasteiger charge is 2.04. The molecule has 0 unspecified atom stereocenters. The van der Waals surface area contributed by atoms with Gasteiger partial charge in [-0.2, -0.15) is 0 Å². The van der Waals surface area contributed by atoms with Crippen LogP contribution in [-0.2, 0) is 11.3 Å². The van der Waals surface area contributed by atoms with Gasteiger partial charge in [0, 0.05) is 17.2 Å². The Morgan fingerprint density at radius 1 is 1.30 bits per heavy atom. The summed E-state index contributed by atoms with van der Waals surface area (Å²) in [6, 6.07) is 11.9. The summed E-state index contributed by atoms with van der Waals surface area (Å²) in [6.45, 7) is 2.61. The van der Waals surface area contributed by atoms with Crippen LogP contribution in [0.5, 0.6) is 0 Å². The van der Waals surface area contributed by atoms with Crippen LogP contribution >= 0.6 is 27.7 Å². The Morgan fingerprint density at radius 3 is 2.80 bits per heavy atom. The second kappa shape index (κ2) is 7.45. The molecule has 104 valence electrons. The summed E-state index contributed by atoms with van der Waals surface area (Å²) in [6.07, 6.45) is 1.73. The van der Waals surface area contributed by atoms with E-state index >= 15 is 0 Å². The quantitative estimate of drug-likeness (QED) is 0.838. The van der Waals surface area contributed by atoms with Crippen molar-refractivity contribution in [1.29, 1.82) is 0 Å². The number of aromatic nitrogens is 1. The standard InChI is InChI=1S/C15H15BrN2OS/c1-11-4-2-3-5-12(11)8-17-14(19)10-20-15-7-6-13(16)9-18-15/h2-7,9H,8,10H2,1H3,(H,17,19). The van der Waals surface area contributed by atoms with Crippen molar-refractivity contribution in [1.82, 2.24) is 10.3 Å². The molecular formula is C15H15BrN2OS. The summed E-state index contributed by atoms with van der Waals surface area (Å²) in [7, 11) is 0. The summed E-state index contributed by atoms with van der Waals surface area (Å²) in [4.78, 5) is 16.0. The Balaban J connectivity index is 1.78. The predicted molar refractivity (Wildman–Crippen MR) is 85.7 cm³/mol. The van der Waals surface area contributed by atoms with Crippen LogP contribution in [0.3, 0.4) is 0 Å². The third-order valence-electron chi connectivity index (χ3n) is 2.79. The minimum absolute atomic E-state index is 0.0166. The number of hydrogen-bond donors (Lipinski definition) is 1. The van der Waals surface area contributed by atoms with E-state index in [0.717, 1.165) is 15.1 Å². The number of aryl methyl sites for hydroxylation is 1. The predicted octanol–water partition coefficient (Wildman–Crippen LogP) is 3.56. The monoisotopic (exact) mass is 350 g/mol. The number of carbonyl (C=O) groups excluding carboxylic acids is 1. The van der Waals surface area contributed by atoms with E-state index in [-0.39, 0.29) is 5.91 Å². The molecule has 0 saturated heterocycles. The minimum Gasteiger partial charge on any atom is -0.351 e. The van der Waals surface area contributed by atoms with E-state index in [0.29, 0.717) is 12.3 Å². The van der Waals surface area contributed by atoms with Crippen molar-refractivity contribution in [2.45, 2.75) is 18.5 Å². The van der Waals surface area contributed by atoms with Gasteiger partial charge >= 0.3 is 0 Å². The lowest BCUT2D eigenvalue weighted by molar-refractivity contribution is -0.118. The zero-order valence-corrected chi connectivity index (χ0v) is 13.5. The molecule has 1 amide bonds. The molecule has 5 heteroatoms. The molecule has 3 nitrogen and oxygen atoms in total. The molecule has 1 N–H and O–H groups in total. The molecule has 0 atom stereocenters. The van der Waals surface area contributed by atoms with Gasteiger partial charge in [-0.3, -0.25) is 4.79 Å². The molecule has 0 fully saturated rings. The van der Waals surface area contributed by atoms with Gasteiger partial charge in [-0.25, -0.2) is 4.98 Å². The minimum atomic E-state index is 0.0166. The first-order chi connectivity index (χ1) is 9.65. The van der Waals surface area contributed by atoms with Gasteiger partial charge in [0.25, 0.3) is 0 Å². The topological polar surface area (TPSA) is 42.0 Å². The first-order valence-corrected chi connectivity index (χ1v) is 7.98. The van der Waals surface area contributed by atoms with Crippen molar-refractivity contribution in [3.05, 3.63) is 58.2 Å². The summed E-state index contributed by atoms with van der Waals surface area (Å²) >= 11 is 4.76. The zero-order valence-electron chi connectivity index (χ0n) is 11.1. The molecule has 1 aromatic carbocycles. The molecule has 0 bridgehead atoms. The van der Waals surface area contributed by atoms with E-state index in [4.69, 9.17) is 0 Å². The highest BCUT2D eigenvalue weighted by Crippen LogP contribution is 2.17. The SMILES string of the molecule is Cc1ccccc1CNC(=O)CSc1ccc(Br)cn1. The van der Waals surface area contributed by atoms with E-state index in [1.165, 1.54) is 17.3 Å². The van der Waals surface area contributed by atoms with Gasteiger partial charge in [-0.05, 0) is 46.1 Å². The molecule has 2 rings (SSSR count). The van der Waals surface area contributed by atoms with Crippen LogP contribution in [0.2, 0.25) is 0 Å². The zero-order chi connectivity index (χ0) is 14.4. The van der Waals surface area contributed by atoms with Gasteiger partial charge in [-0.1, -0.05) is 36.0 Å². The van der Waals surface area contributed by atoms with Crippen LogP contribution in [-0.4, -0.2) is 16.6 Å². The van der Waals surface area contributed by atoms with Crippen LogP contribution in [0.1, 0.15) is 11.1 Å². The van der Waals surface area contributed by atoms with E-state index in [9.17, 15) is 4.79 Å². The molecule has 1 heterocycles. The average molecular weight is 351 g/mol. The van der Waals surface area contributed by atoms with Gasteiger partial charge in [0.2, 0.25) is 5.91 Å². The van der Waals surface area contributed by atoms with Crippen LogP contribution in [0, 0.1) is 6.92 Å². The fourth-order valence-corrected chi connectivity index (χ4v) is 2.55. The van der Waals surface area contributed by atoms with Crippen LogP contribution in [0.4, 0.5) is 0 Å². The van der Waals surface area contributed by atoms with Gasteiger partial charge in [0.1, 0.15) is 0 Å². The van der Waals surface area contributed by atoms with Gasteiger partial charge in [-0.15, -0.1) is 0 Å². The first-order valence-electron chi connectivity index (χ1n) is 6.21. The highest BCUT2D eigenvalue weighted by atomic mass is 79.9. The van der Waals surface area contributed by atoms with E-state index in [1.807, 2.05) is 43.3 Å². The van der Waals surface area contributed by atoms with E-state index in [1.54, 1.807) is 6.20 Å². The number of nitrogens with one attached hydrogen (secondary N) is 1. The number of halogens is 1. The van der Waals surface area contributed by atoms with E-state index in [2.05, 4.69) is 26.2 Å². The maximum Gasteiger partial charge on any atom is 0.230 e. The number of rotatable bonds is 5. The molecule has 0 aliphatic heterocycles. The number of amides is 1. The van der Waals surface area contributed by atoms with Crippen LogP contribution < -0.4 is 5.32 Å². The molecular weight excluding hydrogens is 336 g/mol. The lowest BCUT2D eigenvalue weighted by Gasteiger charge is -2.07. The van der Waals surface area contributed by atoms with Crippen molar-refractivity contribution in [3.8, 4) is 0 Å². The third kappa shape index (κ3) is 4.65. The number of pyridine rings is 1. The van der Waals surface area contributed by atoms with Gasteiger partial charge in [0.05, 0.1) is 10.8 Å². The lowest BCUT2D eigenvalue weighted by Crippen LogP contribution is -2.24. The summed E-state index contributed by atoms with van der Waals surface area (Å²) in [5.41, 5.74) is 2.34. The van der Waals surface area contributed by atoms with Crippen LogP contribution in [0.25, 0.3) is 0 Å². The first kappa shape index (κ1) is 15.1. The molecule has 2 aromatic rings. The van der Waals surface area contributed by atoms with Crippen molar-refractivity contribution in [2.24, 2.45) is 0 Å². The van der Waals surface area contributed by atoms with Gasteiger partial charge in [0.15, 0.2) is 0 Å². The average Bonchev–Trinajstić information content (AvgIpc) is 2.46. The fraction of sp³-hybridized carbons (Fsp3) is 0.200. The third-order valence-corrected chi connectivity index (χ3v) is 4.20. The molecule has 0 aliphatic rings. The maximum atomic E-state index is 11.8. The van der Waals surface area contributed by atoms with E-state index < -0.39 is 0 Å². The van der Waals surface area contributed by atoms with Crippen molar-refractivity contribution in [3.63, 3.8) is 0 Å². The molecule has 0 spiro atoms. The fourth-order valence-electron chi connectivity index (χ4n) is 1.64. The normalized spacial score (nSPS) is 10.3. The van der Waals surface area contributed by atoms with Crippen molar-refractivity contribution in [2.75, 3.05) is 5.75 Å². The largest absolute Gasteiger partial charge is 0.351 e. The number of nitrogens with zero attached hydrogens (tertiary/aromatic N) is 1. The molecule has 20 heavy (non-hydrogen) atoms. The van der Waals surface area contributed by atoms with Gasteiger partial charge < -0.3 is 5.32 Å². The molecule has 0 radical (unpaired) electrons. The number of thioether (sulfide) groups is 1. The Bertz CT molecular complexity index is 587. The Morgan fingerprint density at radius 2 is 2.10 bits per heavy atom. The number of hydrogen-bond acceptors (Lipinski definition) is 3. The summed E-state index contributed by atoms with van der Waals surface area (Å²) < 4.78 is 0.936. The second-order valence-corrected chi connectivity index (χ2v) is 6.22. The van der Waals surface area contributed by atoms with Crippen molar-refractivity contribution < 1.29 is 4.79 Å². The Labute approximate surface area is 131 Å². The second-order valence-electron chi connectivity index (χ2n) is 4.31. The lowest BCUT2D eigenvalue weighted by atomic mass is 10.1. The Kier molecular flexibility index (Phi) is 5.61. The summed E-state index contributed by atoms with van der Waals surface area (Å²) in [5.74, 6) is 0.392. The number of carbonyl (C=O) groups is 1. The Hall–Kier alpha value is -1.33. The molecule has 0 aliphatic carbocycles. The summed E-state index contributed by atoms with van der Waals surface area (Å²) in [5, 5.41) is 3.77. The van der Waals surface area contributed by atoms with Crippen LogP contribution in [0.15, 0.2) is 52.1 Å². The number of benzene rings is 1. The maximum absolute atomic E-state index is 11.8. The molecule has 0 saturated carbocycles. The highest BCUT2D eigenvalue weighted by molar-refractivity contribution is 9.10. The smallest absolute Gasteiger partial charge is 0.230 e. The molecule has 1 aromatic heterocycles.